The number of anilines is 1. The summed E-state index contributed by atoms with van der Waals surface area (Å²) in [6.45, 7) is 1.15. The molecule has 0 aliphatic carbocycles. The summed E-state index contributed by atoms with van der Waals surface area (Å²) in [5.41, 5.74) is 1.28. The Balaban J connectivity index is 1.60. The quantitative estimate of drug-likeness (QED) is 0.438. The van der Waals surface area contributed by atoms with Crippen LogP contribution in [0.1, 0.15) is 12.0 Å². The van der Waals surface area contributed by atoms with Gasteiger partial charge in [0.2, 0.25) is 26.0 Å². The van der Waals surface area contributed by atoms with Crippen LogP contribution in [0.5, 0.6) is 5.75 Å². The highest BCUT2D eigenvalue weighted by molar-refractivity contribution is 7.92. The minimum absolute atomic E-state index is 0.0543. The van der Waals surface area contributed by atoms with Gasteiger partial charge in [-0.05, 0) is 54.8 Å². The first kappa shape index (κ1) is 26.9. The Morgan fingerprint density at radius 1 is 1.09 bits per heavy atom. The van der Waals surface area contributed by atoms with E-state index in [1.165, 1.54) is 28.6 Å². The first-order chi connectivity index (χ1) is 16.6. The number of carbonyl (C=O) groups excluding carboxylic acids is 1. The molecular weight excluding hydrogens is 494 g/mol. The molecule has 1 fully saturated rings. The third-order valence-electron chi connectivity index (χ3n) is 5.52. The summed E-state index contributed by atoms with van der Waals surface area (Å²) in [6, 6.07) is 13.1. The zero-order valence-corrected chi connectivity index (χ0v) is 21.5. The fourth-order valence-corrected chi connectivity index (χ4v) is 5.92. The Kier molecular flexibility index (Phi) is 9.11. The molecule has 2 aromatic carbocycles. The maximum Gasteiger partial charge on any atom is 0.243 e. The second-order valence-corrected chi connectivity index (χ2v) is 11.9. The molecule has 0 spiro atoms. The van der Waals surface area contributed by atoms with E-state index >= 15 is 0 Å². The topological polar surface area (TPSA) is 122 Å². The van der Waals surface area contributed by atoms with Crippen LogP contribution in [0.3, 0.4) is 0 Å². The summed E-state index contributed by atoms with van der Waals surface area (Å²) in [4.78, 5) is 12.5. The van der Waals surface area contributed by atoms with Crippen molar-refractivity contribution < 1.29 is 31.1 Å². The highest BCUT2D eigenvalue weighted by Crippen LogP contribution is 2.23. The Hall–Kier alpha value is -2.67. The standard InChI is InChI=1S/C23H31N3O7S2/c1-32-21-7-3-5-19(17-21)6-4-12-24-23(27)18-26(34(2,28)29)20-8-10-22(11-9-20)35(30,31)25-13-15-33-16-14-25/h3,5,7-11,17H,4,6,12-16,18H2,1-2H3,(H,24,27). The van der Waals surface area contributed by atoms with Gasteiger partial charge in [0.05, 0.1) is 37.2 Å². The van der Waals surface area contributed by atoms with E-state index in [9.17, 15) is 21.6 Å². The first-order valence-corrected chi connectivity index (χ1v) is 14.5. The lowest BCUT2D eigenvalue weighted by atomic mass is 10.1. The predicted octanol–water partition coefficient (Wildman–Crippen LogP) is 1.23. The van der Waals surface area contributed by atoms with Crippen molar-refractivity contribution in [2.24, 2.45) is 0 Å². The molecule has 1 aliphatic heterocycles. The van der Waals surface area contributed by atoms with Gasteiger partial charge in [-0.2, -0.15) is 4.31 Å². The number of hydrogen-bond donors (Lipinski definition) is 1. The number of nitrogens with zero attached hydrogens (tertiary/aromatic N) is 2. The van der Waals surface area contributed by atoms with Crippen LogP contribution in [0.2, 0.25) is 0 Å². The molecule has 2 aromatic rings. The SMILES string of the molecule is COc1cccc(CCCNC(=O)CN(c2ccc(S(=O)(=O)N3CCOCC3)cc2)S(C)(=O)=O)c1. The Morgan fingerprint density at radius 2 is 1.77 bits per heavy atom. The molecule has 1 amide bonds. The van der Waals surface area contributed by atoms with Crippen molar-refractivity contribution in [2.45, 2.75) is 17.7 Å². The number of carbonyl (C=O) groups is 1. The molecule has 35 heavy (non-hydrogen) atoms. The normalized spacial score (nSPS) is 14.9. The van der Waals surface area contributed by atoms with Crippen LogP contribution in [0.4, 0.5) is 5.69 Å². The fourth-order valence-electron chi connectivity index (χ4n) is 3.66. The first-order valence-electron chi connectivity index (χ1n) is 11.2. The average molecular weight is 526 g/mol. The van der Waals surface area contributed by atoms with Gasteiger partial charge in [0, 0.05) is 19.6 Å². The van der Waals surface area contributed by atoms with Crippen LogP contribution in [-0.4, -0.2) is 79.8 Å². The molecule has 192 valence electrons. The number of hydrogen-bond acceptors (Lipinski definition) is 7. The van der Waals surface area contributed by atoms with Crippen LogP contribution < -0.4 is 14.4 Å². The van der Waals surface area contributed by atoms with Crippen molar-refractivity contribution in [1.82, 2.24) is 9.62 Å². The van der Waals surface area contributed by atoms with Gasteiger partial charge in [-0.1, -0.05) is 12.1 Å². The second kappa shape index (κ2) is 11.8. The molecule has 0 radical (unpaired) electrons. The van der Waals surface area contributed by atoms with Gasteiger partial charge in [-0.25, -0.2) is 16.8 Å². The molecule has 1 N–H and O–H groups in total. The zero-order valence-electron chi connectivity index (χ0n) is 19.8. The molecule has 0 saturated carbocycles. The van der Waals surface area contributed by atoms with E-state index in [0.717, 1.165) is 28.3 Å². The molecule has 10 nitrogen and oxygen atoms in total. The van der Waals surface area contributed by atoms with Crippen molar-refractivity contribution in [2.75, 3.05) is 57.1 Å². The number of nitrogens with one attached hydrogen (secondary N) is 1. The lowest BCUT2D eigenvalue weighted by Crippen LogP contribution is -2.41. The van der Waals surface area contributed by atoms with Crippen molar-refractivity contribution in [3.63, 3.8) is 0 Å². The van der Waals surface area contributed by atoms with E-state index in [1.807, 2.05) is 24.3 Å². The van der Waals surface area contributed by atoms with E-state index in [0.29, 0.717) is 26.2 Å². The lowest BCUT2D eigenvalue weighted by molar-refractivity contribution is -0.119. The molecule has 1 saturated heterocycles. The number of amides is 1. The molecule has 0 atom stereocenters. The Morgan fingerprint density at radius 3 is 2.40 bits per heavy atom. The minimum Gasteiger partial charge on any atom is -0.497 e. The molecule has 12 heteroatoms. The van der Waals surface area contributed by atoms with Crippen molar-refractivity contribution in [3.8, 4) is 5.75 Å². The second-order valence-electron chi connectivity index (χ2n) is 8.09. The van der Waals surface area contributed by atoms with Gasteiger partial charge in [0.1, 0.15) is 12.3 Å². The molecule has 1 aliphatic rings. The smallest absolute Gasteiger partial charge is 0.243 e. The number of ether oxygens (including phenoxy) is 2. The van der Waals surface area contributed by atoms with E-state index in [2.05, 4.69) is 5.32 Å². The summed E-state index contributed by atoms with van der Waals surface area (Å²) >= 11 is 0. The maximum atomic E-state index is 12.8. The van der Waals surface area contributed by atoms with Gasteiger partial charge in [-0.15, -0.1) is 0 Å². The van der Waals surface area contributed by atoms with Gasteiger partial charge in [0.15, 0.2) is 0 Å². The summed E-state index contributed by atoms with van der Waals surface area (Å²) in [5.74, 6) is 0.310. The number of methoxy groups -OCH3 is 1. The average Bonchev–Trinajstić information content (AvgIpc) is 2.85. The molecular formula is C23H31N3O7S2. The Labute approximate surface area is 206 Å². The summed E-state index contributed by atoms with van der Waals surface area (Å²) in [7, 11) is -5.89. The summed E-state index contributed by atoms with van der Waals surface area (Å²) in [5, 5.41) is 2.74. The minimum atomic E-state index is -3.78. The molecule has 0 unspecified atom stereocenters. The maximum absolute atomic E-state index is 12.8. The molecule has 0 aromatic heterocycles. The lowest BCUT2D eigenvalue weighted by Gasteiger charge is -2.26. The highest BCUT2D eigenvalue weighted by atomic mass is 32.2. The number of benzene rings is 2. The van der Waals surface area contributed by atoms with Crippen LogP contribution in [0, 0.1) is 0 Å². The fraction of sp³-hybridized carbons (Fsp3) is 0.435. The van der Waals surface area contributed by atoms with E-state index in [1.54, 1.807) is 7.11 Å². The predicted molar refractivity (Wildman–Crippen MR) is 133 cm³/mol. The molecule has 1 heterocycles. The van der Waals surface area contributed by atoms with Crippen LogP contribution in [-0.2, 0) is 36.0 Å². The molecule has 0 bridgehead atoms. The largest absolute Gasteiger partial charge is 0.497 e. The number of aryl methyl sites for hydroxylation is 1. The van der Waals surface area contributed by atoms with E-state index in [4.69, 9.17) is 9.47 Å². The number of rotatable bonds is 11. The third kappa shape index (κ3) is 7.40. The highest BCUT2D eigenvalue weighted by Gasteiger charge is 2.27. The Bertz CT molecular complexity index is 1210. The van der Waals surface area contributed by atoms with Crippen molar-refractivity contribution in [3.05, 3.63) is 54.1 Å². The van der Waals surface area contributed by atoms with E-state index in [-0.39, 0.29) is 23.7 Å². The summed E-state index contributed by atoms with van der Waals surface area (Å²) < 4.78 is 63.0. The van der Waals surface area contributed by atoms with Crippen molar-refractivity contribution >= 4 is 31.6 Å². The van der Waals surface area contributed by atoms with Gasteiger partial charge >= 0.3 is 0 Å². The van der Waals surface area contributed by atoms with Crippen LogP contribution >= 0.6 is 0 Å². The van der Waals surface area contributed by atoms with Gasteiger partial charge in [0.25, 0.3) is 0 Å². The monoisotopic (exact) mass is 525 g/mol. The van der Waals surface area contributed by atoms with Crippen LogP contribution in [0.25, 0.3) is 0 Å². The summed E-state index contributed by atoms with van der Waals surface area (Å²) in [6.07, 6.45) is 2.40. The van der Waals surface area contributed by atoms with E-state index < -0.39 is 32.5 Å². The number of sulfonamides is 2. The third-order valence-corrected chi connectivity index (χ3v) is 8.57. The van der Waals surface area contributed by atoms with Gasteiger partial charge < -0.3 is 14.8 Å². The van der Waals surface area contributed by atoms with Gasteiger partial charge in [-0.3, -0.25) is 9.10 Å². The zero-order chi connectivity index (χ0) is 25.5. The van der Waals surface area contributed by atoms with Crippen LogP contribution in [0.15, 0.2) is 53.4 Å². The number of morpholine rings is 1. The van der Waals surface area contributed by atoms with Crippen molar-refractivity contribution in [1.29, 1.82) is 0 Å². The molecule has 3 rings (SSSR count).